The summed E-state index contributed by atoms with van der Waals surface area (Å²) < 4.78 is 6.58. The lowest BCUT2D eigenvalue weighted by molar-refractivity contribution is -0.142. The summed E-state index contributed by atoms with van der Waals surface area (Å²) in [7, 11) is 1.31. The van der Waals surface area contributed by atoms with Gasteiger partial charge in [0.25, 0.3) is 5.91 Å². The van der Waals surface area contributed by atoms with Crippen molar-refractivity contribution >= 4 is 22.9 Å². The van der Waals surface area contributed by atoms with E-state index in [0.29, 0.717) is 24.0 Å². The van der Waals surface area contributed by atoms with E-state index >= 15 is 0 Å². The Morgan fingerprint density at radius 3 is 2.65 bits per heavy atom. The monoisotopic (exact) mass is 352 g/mol. The van der Waals surface area contributed by atoms with E-state index in [1.165, 1.54) is 7.11 Å². The highest BCUT2D eigenvalue weighted by molar-refractivity contribution is 5.99. The van der Waals surface area contributed by atoms with Gasteiger partial charge in [-0.05, 0) is 30.7 Å². The summed E-state index contributed by atoms with van der Waals surface area (Å²) in [6, 6.07) is 13.9. The van der Waals surface area contributed by atoms with Gasteiger partial charge in [0, 0.05) is 18.5 Å². The molecule has 0 aliphatic heterocycles. The number of amides is 1. The summed E-state index contributed by atoms with van der Waals surface area (Å²) in [6.07, 6.45) is 0.355. The van der Waals surface area contributed by atoms with Crippen molar-refractivity contribution in [2.24, 2.45) is 0 Å². The van der Waals surface area contributed by atoms with Crippen LogP contribution in [0, 0.1) is 0 Å². The van der Waals surface area contributed by atoms with Gasteiger partial charge >= 0.3 is 5.97 Å². The predicted molar refractivity (Wildman–Crippen MR) is 96.6 cm³/mol. The number of carbonyl (C=O) groups is 2. The van der Waals surface area contributed by atoms with Crippen molar-refractivity contribution in [2.45, 2.75) is 25.9 Å². The van der Waals surface area contributed by atoms with Crippen LogP contribution in [0.25, 0.3) is 11.0 Å². The van der Waals surface area contributed by atoms with Crippen molar-refractivity contribution in [3.8, 4) is 0 Å². The molecule has 0 saturated heterocycles. The molecule has 26 heavy (non-hydrogen) atoms. The van der Waals surface area contributed by atoms with Crippen LogP contribution in [-0.4, -0.2) is 40.0 Å². The summed E-state index contributed by atoms with van der Waals surface area (Å²) in [5.74, 6) is -0.843. The van der Waals surface area contributed by atoms with E-state index in [-0.39, 0.29) is 5.91 Å². The minimum Gasteiger partial charge on any atom is -0.467 e. The molecule has 1 aromatic heterocycles. The van der Waals surface area contributed by atoms with Crippen molar-refractivity contribution in [1.29, 1.82) is 0 Å². The zero-order valence-corrected chi connectivity index (χ0v) is 14.7. The molecule has 134 valence electrons. The number of hydrogen-bond acceptors (Lipinski definition) is 5. The Balaban J connectivity index is 1.79. The second-order valence-corrected chi connectivity index (χ2v) is 5.85. The first-order valence-corrected chi connectivity index (χ1v) is 8.38. The quantitative estimate of drug-likeness (QED) is 0.686. The SMILES string of the molecule is CCn1nnc2cc(C(=O)N[C@@H](Cc3ccccc3)C(=O)OC)ccc21. The van der Waals surface area contributed by atoms with E-state index in [2.05, 4.69) is 15.6 Å². The maximum Gasteiger partial charge on any atom is 0.328 e. The second-order valence-electron chi connectivity index (χ2n) is 5.85. The molecule has 0 spiro atoms. The third-order valence-electron chi connectivity index (χ3n) is 4.15. The summed E-state index contributed by atoms with van der Waals surface area (Å²) >= 11 is 0. The van der Waals surface area contributed by atoms with Gasteiger partial charge in [0.05, 0.1) is 12.6 Å². The average molecular weight is 352 g/mol. The Hall–Kier alpha value is -3.22. The molecular weight excluding hydrogens is 332 g/mol. The zero-order chi connectivity index (χ0) is 18.5. The van der Waals surface area contributed by atoms with Crippen LogP contribution in [0.3, 0.4) is 0 Å². The lowest BCUT2D eigenvalue weighted by Gasteiger charge is -2.16. The van der Waals surface area contributed by atoms with E-state index < -0.39 is 12.0 Å². The lowest BCUT2D eigenvalue weighted by Crippen LogP contribution is -2.43. The van der Waals surface area contributed by atoms with Gasteiger partial charge in [-0.15, -0.1) is 5.10 Å². The van der Waals surface area contributed by atoms with Gasteiger partial charge in [0.1, 0.15) is 11.6 Å². The second kappa shape index (κ2) is 7.77. The maximum absolute atomic E-state index is 12.6. The number of aryl methyl sites for hydroxylation is 1. The minimum atomic E-state index is -0.767. The number of fused-ring (bicyclic) bond motifs is 1. The standard InChI is InChI=1S/C19H20N4O3/c1-3-23-17-10-9-14(12-15(17)21-22-23)18(24)20-16(19(25)26-2)11-13-7-5-4-6-8-13/h4-10,12,16H,3,11H2,1-2H3,(H,20,24)/t16-/m0/s1. The lowest BCUT2D eigenvalue weighted by atomic mass is 10.1. The van der Waals surface area contributed by atoms with Gasteiger partial charge < -0.3 is 10.1 Å². The van der Waals surface area contributed by atoms with Crippen molar-refractivity contribution in [2.75, 3.05) is 7.11 Å². The van der Waals surface area contributed by atoms with Crippen LogP contribution in [0.4, 0.5) is 0 Å². The fourth-order valence-electron chi connectivity index (χ4n) is 2.77. The molecule has 2 aromatic carbocycles. The molecule has 3 rings (SSSR count). The van der Waals surface area contributed by atoms with Crippen LogP contribution in [0.5, 0.6) is 0 Å². The molecular formula is C19H20N4O3. The molecule has 1 atom stereocenters. The van der Waals surface area contributed by atoms with Crippen LogP contribution >= 0.6 is 0 Å². The van der Waals surface area contributed by atoms with Crippen molar-refractivity contribution in [3.05, 3.63) is 59.7 Å². The first-order valence-electron chi connectivity index (χ1n) is 8.38. The molecule has 0 radical (unpaired) electrons. The van der Waals surface area contributed by atoms with Gasteiger partial charge in [-0.3, -0.25) is 4.79 Å². The number of ether oxygens (including phenoxy) is 1. The molecule has 7 heteroatoms. The maximum atomic E-state index is 12.6. The molecule has 1 heterocycles. The number of hydrogen-bond donors (Lipinski definition) is 1. The fourth-order valence-corrected chi connectivity index (χ4v) is 2.77. The van der Waals surface area contributed by atoms with Gasteiger partial charge in [0.2, 0.25) is 0 Å². The number of nitrogens with zero attached hydrogens (tertiary/aromatic N) is 3. The highest BCUT2D eigenvalue weighted by Crippen LogP contribution is 2.14. The zero-order valence-electron chi connectivity index (χ0n) is 14.7. The molecule has 0 aliphatic rings. The van der Waals surface area contributed by atoms with Gasteiger partial charge in [0.15, 0.2) is 0 Å². The minimum absolute atomic E-state index is 0.355. The van der Waals surface area contributed by atoms with Crippen molar-refractivity contribution in [3.63, 3.8) is 0 Å². The normalized spacial score (nSPS) is 11.9. The van der Waals surface area contributed by atoms with Crippen LogP contribution in [0.15, 0.2) is 48.5 Å². The van der Waals surface area contributed by atoms with Crippen molar-refractivity contribution < 1.29 is 14.3 Å². The smallest absolute Gasteiger partial charge is 0.328 e. The summed E-state index contributed by atoms with van der Waals surface area (Å²) in [6.45, 7) is 2.67. The molecule has 1 amide bonds. The molecule has 0 saturated carbocycles. The molecule has 1 N–H and O–H groups in total. The van der Waals surface area contributed by atoms with Gasteiger partial charge in [-0.25, -0.2) is 9.48 Å². The van der Waals surface area contributed by atoms with E-state index in [4.69, 9.17) is 4.74 Å². The Labute approximate surface area is 151 Å². The van der Waals surface area contributed by atoms with E-state index in [0.717, 1.165) is 11.1 Å². The topological polar surface area (TPSA) is 86.1 Å². The molecule has 0 unspecified atom stereocenters. The Morgan fingerprint density at radius 1 is 1.19 bits per heavy atom. The first-order chi connectivity index (χ1) is 12.6. The number of benzene rings is 2. The first kappa shape index (κ1) is 17.6. The highest BCUT2D eigenvalue weighted by atomic mass is 16.5. The van der Waals surface area contributed by atoms with E-state index in [1.54, 1.807) is 22.9 Å². The van der Waals surface area contributed by atoms with Gasteiger partial charge in [-0.1, -0.05) is 35.5 Å². The van der Waals surface area contributed by atoms with E-state index in [1.807, 2.05) is 37.3 Å². The van der Waals surface area contributed by atoms with Crippen LogP contribution in [0.2, 0.25) is 0 Å². The molecule has 3 aromatic rings. The Morgan fingerprint density at radius 2 is 1.96 bits per heavy atom. The predicted octanol–water partition coefficient (Wildman–Crippen LogP) is 1.97. The largest absolute Gasteiger partial charge is 0.467 e. The Kier molecular flexibility index (Phi) is 5.26. The molecule has 0 bridgehead atoms. The number of carbonyl (C=O) groups excluding carboxylic acids is 2. The summed E-state index contributed by atoms with van der Waals surface area (Å²) in [5, 5.41) is 10.9. The summed E-state index contributed by atoms with van der Waals surface area (Å²) in [4.78, 5) is 24.7. The van der Waals surface area contributed by atoms with Gasteiger partial charge in [-0.2, -0.15) is 0 Å². The van der Waals surface area contributed by atoms with Crippen LogP contribution in [-0.2, 0) is 22.5 Å². The molecule has 7 nitrogen and oxygen atoms in total. The van der Waals surface area contributed by atoms with E-state index in [9.17, 15) is 9.59 Å². The number of nitrogens with one attached hydrogen (secondary N) is 1. The number of aromatic nitrogens is 3. The van der Waals surface area contributed by atoms with Crippen LogP contribution in [0.1, 0.15) is 22.8 Å². The number of rotatable bonds is 6. The highest BCUT2D eigenvalue weighted by Gasteiger charge is 2.23. The summed E-state index contributed by atoms with van der Waals surface area (Å²) in [5.41, 5.74) is 2.85. The van der Waals surface area contributed by atoms with Crippen molar-refractivity contribution in [1.82, 2.24) is 20.3 Å². The number of methoxy groups -OCH3 is 1. The third kappa shape index (κ3) is 3.72. The molecule has 0 aliphatic carbocycles. The Bertz CT molecular complexity index is 921. The average Bonchev–Trinajstić information content (AvgIpc) is 3.09. The van der Waals surface area contributed by atoms with Crippen LogP contribution < -0.4 is 5.32 Å². The fraction of sp³-hybridized carbons (Fsp3) is 0.263. The number of esters is 1. The third-order valence-corrected chi connectivity index (χ3v) is 4.15. The molecule has 0 fully saturated rings.